The lowest BCUT2D eigenvalue weighted by atomic mass is 10.2. The number of hydrogen-bond donors (Lipinski definition) is 2. The topological polar surface area (TPSA) is 109 Å². The lowest BCUT2D eigenvalue weighted by Crippen LogP contribution is -2.50. The van der Waals surface area contributed by atoms with Gasteiger partial charge in [0.15, 0.2) is 0 Å². The molecule has 25 heavy (non-hydrogen) atoms. The molecule has 1 aliphatic rings. The molecule has 7 nitrogen and oxygen atoms in total. The molecule has 1 aliphatic heterocycles. The molecule has 1 aromatic carbocycles. The first-order valence-corrected chi connectivity index (χ1v) is 8.74. The van der Waals surface area contributed by atoms with Crippen LogP contribution in [0.15, 0.2) is 40.9 Å². The highest BCUT2D eigenvalue weighted by molar-refractivity contribution is 8.03. The predicted molar refractivity (Wildman–Crippen MR) is 97.3 cm³/mol. The average Bonchev–Trinajstić information content (AvgIpc) is 2.64. The second-order valence-corrected chi connectivity index (χ2v) is 6.31. The Hall–Kier alpha value is -2.52. The summed E-state index contributed by atoms with van der Waals surface area (Å²) < 4.78 is 0. The minimum atomic E-state index is -0.265. The third-order valence-corrected chi connectivity index (χ3v) is 4.46. The molecule has 1 saturated heterocycles. The van der Waals surface area contributed by atoms with Crippen LogP contribution in [0.3, 0.4) is 0 Å². The second-order valence-electron chi connectivity index (χ2n) is 5.45. The first-order valence-electron chi connectivity index (χ1n) is 7.92. The molecule has 130 valence electrons. The number of anilines is 1. The Morgan fingerprint density at radius 2 is 1.92 bits per heavy atom. The third kappa shape index (κ3) is 5.50. The molecule has 1 fully saturated rings. The Morgan fingerprint density at radius 3 is 2.48 bits per heavy atom. The van der Waals surface area contributed by atoms with Crippen LogP contribution in [0.1, 0.15) is 0 Å². The van der Waals surface area contributed by atoms with Crippen LogP contribution in [0.2, 0.25) is 0 Å². The summed E-state index contributed by atoms with van der Waals surface area (Å²) in [4.78, 5) is 17.2. The van der Waals surface area contributed by atoms with Crippen molar-refractivity contribution in [3.05, 3.63) is 36.0 Å². The molecule has 0 spiro atoms. The van der Waals surface area contributed by atoms with Crippen LogP contribution >= 0.6 is 11.8 Å². The van der Waals surface area contributed by atoms with Crippen LogP contribution < -0.4 is 11.1 Å². The number of thioether (sulfide) groups is 1. The van der Waals surface area contributed by atoms with Gasteiger partial charge in [-0.05, 0) is 36.0 Å². The number of rotatable bonds is 6. The smallest absolute Gasteiger partial charge is 0.266 e. The van der Waals surface area contributed by atoms with Crippen molar-refractivity contribution in [2.75, 3.05) is 44.6 Å². The lowest BCUT2D eigenvalue weighted by molar-refractivity contribution is -0.128. The average molecular weight is 356 g/mol. The van der Waals surface area contributed by atoms with E-state index in [-0.39, 0.29) is 11.5 Å². The van der Waals surface area contributed by atoms with Crippen molar-refractivity contribution in [2.24, 2.45) is 5.73 Å². The Morgan fingerprint density at radius 1 is 1.24 bits per heavy atom. The van der Waals surface area contributed by atoms with Gasteiger partial charge in [0, 0.05) is 56.1 Å². The zero-order chi connectivity index (χ0) is 18.1. The van der Waals surface area contributed by atoms with Crippen molar-refractivity contribution >= 4 is 23.4 Å². The van der Waals surface area contributed by atoms with Gasteiger partial charge in [-0.1, -0.05) is 0 Å². The van der Waals surface area contributed by atoms with Gasteiger partial charge in [0.25, 0.3) is 5.91 Å². The molecular formula is C17H20N6OS. The van der Waals surface area contributed by atoms with E-state index >= 15 is 0 Å². The maximum absolute atomic E-state index is 12.5. The van der Waals surface area contributed by atoms with E-state index in [0.717, 1.165) is 42.0 Å². The SMILES string of the molecule is N#CSc1ccc(N/C=C(/C#N)C(=O)N2CCN(CCN)CC2)cc1. The van der Waals surface area contributed by atoms with E-state index in [2.05, 4.69) is 10.2 Å². The standard InChI is InChI=1S/C17H20N6OS/c18-5-6-22-7-9-23(10-8-22)17(24)14(11-19)12-21-15-1-3-16(4-2-15)25-13-20/h1-4,12,21H,5-10,18H2/b14-12-. The Kier molecular flexibility index (Phi) is 7.30. The molecule has 3 N–H and O–H groups in total. The fourth-order valence-corrected chi connectivity index (χ4v) is 2.87. The molecule has 0 aromatic heterocycles. The van der Waals surface area contributed by atoms with E-state index < -0.39 is 0 Å². The third-order valence-electron chi connectivity index (χ3n) is 3.86. The number of amides is 1. The minimum Gasteiger partial charge on any atom is -0.360 e. The molecule has 0 aliphatic carbocycles. The number of hydrogen-bond acceptors (Lipinski definition) is 7. The first kappa shape index (κ1) is 18.8. The molecule has 8 heteroatoms. The van der Waals surface area contributed by atoms with Crippen LogP contribution in [0, 0.1) is 22.0 Å². The summed E-state index contributed by atoms with van der Waals surface area (Å²) in [6.07, 6.45) is 1.43. The van der Waals surface area contributed by atoms with Crippen LogP contribution in [-0.4, -0.2) is 55.0 Å². The highest BCUT2D eigenvalue weighted by Gasteiger charge is 2.23. The van der Waals surface area contributed by atoms with Gasteiger partial charge >= 0.3 is 0 Å². The summed E-state index contributed by atoms with van der Waals surface area (Å²) in [6, 6.07) is 9.15. The number of piperazine rings is 1. The fourth-order valence-electron chi connectivity index (χ4n) is 2.50. The Bertz CT molecular complexity index is 695. The van der Waals surface area contributed by atoms with Crippen LogP contribution in [0.5, 0.6) is 0 Å². The van der Waals surface area contributed by atoms with E-state index in [9.17, 15) is 10.1 Å². The molecule has 1 amide bonds. The molecule has 1 heterocycles. The second kappa shape index (κ2) is 9.70. The highest BCUT2D eigenvalue weighted by atomic mass is 32.2. The maximum atomic E-state index is 12.5. The summed E-state index contributed by atoms with van der Waals surface area (Å²) in [5.41, 5.74) is 6.36. The normalized spacial score (nSPS) is 15.3. The van der Waals surface area contributed by atoms with Gasteiger partial charge in [0.05, 0.1) is 0 Å². The minimum absolute atomic E-state index is 0.0720. The Balaban J connectivity index is 1.94. The van der Waals surface area contributed by atoms with Crippen LogP contribution in [-0.2, 0) is 4.79 Å². The molecule has 2 rings (SSSR count). The monoisotopic (exact) mass is 356 g/mol. The molecular weight excluding hydrogens is 336 g/mol. The number of carbonyl (C=O) groups is 1. The number of nitrogens with zero attached hydrogens (tertiary/aromatic N) is 4. The lowest BCUT2D eigenvalue weighted by Gasteiger charge is -2.34. The summed E-state index contributed by atoms with van der Waals surface area (Å²) in [7, 11) is 0. The van der Waals surface area contributed by atoms with E-state index in [1.165, 1.54) is 6.20 Å². The quantitative estimate of drug-likeness (QED) is 0.341. The highest BCUT2D eigenvalue weighted by Crippen LogP contribution is 2.19. The van der Waals surface area contributed by atoms with Crippen LogP contribution in [0.25, 0.3) is 0 Å². The predicted octanol–water partition coefficient (Wildman–Crippen LogP) is 1.18. The number of nitrogens with one attached hydrogen (secondary N) is 1. The van der Waals surface area contributed by atoms with Crippen molar-refractivity contribution in [3.63, 3.8) is 0 Å². The van der Waals surface area contributed by atoms with Gasteiger partial charge in [-0.15, -0.1) is 0 Å². The number of nitriles is 2. The summed E-state index contributed by atoms with van der Waals surface area (Å²) >= 11 is 1.08. The number of nitrogens with two attached hydrogens (primary N) is 1. The summed E-state index contributed by atoms with van der Waals surface area (Å²) in [5.74, 6) is -0.265. The van der Waals surface area contributed by atoms with Gasteiger partial charge in [-0.25, -0.2) is 0 Å². The molecule has 0 unspecified atom stereocenters. The van der Waals surface area contributed by atoms with Gasteiger partial charge in [-0.3, -0.25) is 9.69 Å². The number of carbonyl (C=O) groups excluding carboxylic acids is 1. The van der Waals surface area contributed by atoms with E-state index in [0.29, 0.717) is 19.6 Å². The van der Waals surface area contributed by atoms with E-state index in [4.69, 9.17) is 11.0 Å². The zero-order valence-electron chi connectivity index (χ0n) is 13.8. The van der Waals surface area contributed by atoms with Gasteiger partial charge < -0.3 is 16.0 Å². The molecule has 0 atom stereocenters. The largest absolute Gasteiger partial charge is 0.360 e. The number of thiocyanates is 1. The Labute approximate surface area is 151 Å². The molecule has 1 aromatic rings. The van der Waals surface area contributed by atoms with Crippen molar-refractivity contribution in [1.82, 2.24) is 9.80 Å². The van der Waals surface area contributed by atoms with Crippen LogP contribution in [0.4, 0.5) is 5.69 Å². The maximum Gasteiger partial charge on any atom is 0.266 e. The number of benzene rings is 1. The van der Waals surface area contributed by atoms with Crippen molar-refractivity contribution in [1.29, 1.82) is 10.5 Å². The molecule has 0 radical (unpaired) electrons. The molecule has 0 saturated carbocycles. The van der Waals surface area contributed by atoms with Gasteiger partial charge in [0.2, 0.25) is 0 Å². The van der Waals surface area contributed by atoms with Gasteiger partial charge in [0.1, 0.15) is 17.0 Å². The zero-order valence-corrected chi connectivity index (χ0v) is 14.6. The van der Waals surface area contributed by atoms with Crippen molar-refractivity contribution in [2.45, 2.75) is 4.90 Å². The fraction of sp³-hybridized carbons (Fsp3) is 0.353. The van der Waals surface area contributed by atoms with E-state index in [1.54, 1.807) is 29.2 Å². The van der Waals surface area contributed by atoms with Crippen molar-refractivity contribution < 1.29 is 4.79 Å². The van der Waals surface area contributed by atoms with Gasteiger partial charge in [-0.2, -0.15) is 10.5 Å². The first-order chi connectivity index (χ1) is 12.2. The summed E-state index contributed by atoms with van der Waals surface area (Å²) in [6.45, 7) is 4.16. The summed E-state index contributed by atoms with van der Waals surface area (Å²) in [5, 5.41) is 22.9. The van der Waals surface area contributed by atoms with Crippen molar-refractivity contribution in [3.8, 4) is 11.5 Å². The van der Waals surface area contributed by atoms with E-state index in [1.807, 2.05) is 11.5 Å². The molecule has 0 bridgehead atoms.